The maximum absolute atomic E-state index is 12.8. The summed E-state index contributed by atoms with van der Waals surface area (Å²) in [6, 6.07) is 5.22. The van der Waals surface area contributed by atoms with E-state index >= 15 is 0 Å². The zero-order chi connectivity index (χ0) is 17.9. The third-order valence-electron chi connectivity index (χ3n) is 4.91. The summed E-state index contributed by atoms with van der Waals surface area (Å²) in [5, 5.41) is 10.7. The number of aromatic amines is 1. The molecule has 1 fully saturated rings. The highest BCUT2D eigenvalue weighted by molar-refractivity contribution is 6.31. The van der Waals surface area contributed by atoms with Gasteiger partial charge in [-0.05, 0) is 56.7 Å². The number of H-pyrrole nitrogens is 1. The zero-order valence-corrected chi connectivity index (χ0v) is 15.3. The second kappa shape index (κ2) is 7.68. The Morgan fingerprint density at radius 3 is 3.08 bits per heavy atom. The van der Waals surface area contributed by atoms with Gasteiger partial charge in [-0.25, -0.2) is 0 Å². The Morgan fingerprint density at radius 2 is 2.23 bits per heavy atom. The number of nitrogens with zero attached hydrogens (tertiary/aromatic N) is 1. The van der Waals surface area contributed by atoms with Gasteiger partial charge in [0.25, 0.3) is 5.91 Å². The van der Waals surface area contributed by atoms with E-state index in [1.807, 2.05) is 0 Å². The molecule has 1 aromatic carbocycles. The van der Waals surface area contributed by atoms with E-state index in [-0.39, 0.29) is 12.0 Å². The van der Waals surface area contributed by atoms with Crippen molar-refractivity contribution in [3.8, 4) is 5.75 Å². The molecule has 6 nitrogen and oxygen atoms in total. The predicted molar refractivity (Wildman–Crippen MR) is 99.1 cm³/mol. The monoisotopic (exact) mass is 375 g/mol. The lowest BCUT2D eigenvalue weighted by Gasteiger charge is -2.16. The fourth-order valence-electron chi connectivity index (χ4n) is 3.53. The summed E-state index contributed by atoms with van der Waals surface area (Å²) in [4.78, 5) is 12.8. The molecule has 2 aromatic rings. The minimum absolute atomic E-state index is 0.104. The van der Waals surface area contributed by atoms with Gasteiger partial charge >= 0.3 is 0 Å². The Labute approximate surface area is 157 Å². The van der Waals surface area contributed by atoms with Gasteiger partial charge in [-0.1, -0.05) is 11.6 Å². The van der Waals surface area contributed by atoms with Crippen LogP contribution in [0.3, 0.4) is 0 Å². The lowest BCUT2D eigenvalue weighted by molar-refractivity contribution is 0.0682. The standard InChI is InChI=1S/C19H22ClN3O3/c20-12-7-8-17(26-11-13-4-3-9-25-13)16(10-12)21-19(24)18-14-5-1-2-6-15(14)22-23-18/h7-8,10,13H,1-6,9,11H2,(H,21,24)(H,22,23). The van der Waals surface area contributed by atoms with Crippen LogP contribution in [0.25, 0.3) is 0 Å². The van der Waals surface area contributed by atoms with Crippen molar-refractivity contribution in [1.29, 1.82) is 0 Å². The molecule has 1 aliphatic heterocycles. The number of fused-ring (bicyclic) bond motifs is 1. The van der Waals surface area contributed by atoms with Crippen LogP contribution in [0, 0.1) is 0 Å². The number of rotatable bonds is 5. The highest BCUT2D eigenvalue weighted by Gasteiger charge is 2.23. The molecule has 2 aliphatic rings. The average molecular weight is 376 g/mol. The van der Waals surface area contributed by atoms with Crippen LogP contribution >= 0.6 is 11.6 Å². The first kappa shape index (κ1) is 17.4. The molecule has 1 amide bonds. The van der Waals surface area contributed by atoms with E-state index in [9.17, 15) is 4.79 Å². The SMILES string of the molecule is O=C(Nc1cc(Cl)ccc1OCC1CCCO1)c1n[nH]c2c1CCCC2. The maximum Gasteiger partial charge on any atom is 0.276 e. The van der Waals surface area contributed by atoms with Crippen molar-refractivity contribution >= 4 is 23.2 Å². The van der Waals surface area contributed by atoms with E-state index in [0.29, 0.717) is 28.8 Å². The number of benzene rings is 1. The van der Waals surface area contributed by atoms with E-state index in [4.69, 9.17) is 21.1 Å². The highest BCUT2D eigenvalue weighted by atomic mass is 35.5. The van der Waals surface area contributed by atoms with Crippen LogP contribution in [-0.2, 0) is 17.6 Å². The summed E-state index contributed by atoms with van der Waals surface area (Å²) >= 11 is 6.11. The van der Waals surface area contributed by atoms with Crippen LogP contribution in [0.15, 0.2) is 18.2 Å². The third kappa shape index (κ3) is 3.71. The van der Waals surface area contributed by atoms with E-state index in [1.54, 1.807) is 18.2 Å². The molecule has 1 aromatic heterocycles. The largest absolute Gasteiger partial charge is 0.489 e. The molecule has 2 N–H and O–H groups in total. The van der Waals surface area contributed by atoms with Gasteiger partial charge in [0.15, 0.2) is 5.69 Å². The smallest absolute Gasteiger partial charge is 0.276 e. The maximum atomic E-state index is 12.8. The molecule has 7 heteroatoms. The summed E-state index contributed by atoms with van der Waals surface area (Å²) in [6.07, 6.45) is 6.20. The molecule has 26 heavy (non-hydrogen) atoms. The van der Waals surface area contributed by atoms with Crippen molar-refractivity contribution in [1.82, 2.24) is 10.2 Å². The molecule has 4 rings (SSSR count). The van der Waals surface area contributed by atoms with Gasteiger partial charge in [-0.3, -0.25) is 9.89 Å². The number of nitrogens with one attached hydrogen (secondary N) is 2. The van der Waals surface area contributed by atoms with Crippen LogP contribution in [0.2, 0.25) is 5.02 Å². The van der Waals surface area contributed by atoms with Crippen molar-refractivity contribution < 1.29 is 14.3 Å². The number of amides is 1. The van der Waals surface area contributed by atoms with Crippen molar-refractivity contribution in [2.24, 2.45) is 0 Å². The number of aryl methyl sites for hydroxylation is 1. The van der Waals surface area contributed by atoms with Crippen LogP contribution in [0.4, 0.5) is 5.69 Å². The second-order valence-corrected chi connectivity index (χ2v) is 7.21. The molecule has 0 bridgehead atoms. The minimum atomic E-state index is -0.242. The fraction of sp³-hybridized carbons (Fsp3) is 0.474. The molecular weight excluding hydrogens is 354 g/mol. The molecule has 1 saturated heterocycles. The molecule has 0 spiro atoms. The number of halogens is 1. The van der Waals surface area contributed by atoms with Gasteiger partial charge in [0, 0.05) is 22.9 Å². The lowest BCUT2D eigenvalue weighted by Crippen LogP contribution is -2.19. The molecule has 138 valence electrons. The number of hydrogen-bond donors (Lipinski definition) is 2. The fourth-order valence-corrected chi connectivity index (χ4v) is 3.71. The van der Waals surface area contributed by atoms with Gasteiger partial charge in [0.2, 0.25) is 0 Å². The summed E-state index contributed by atoms with van der Waals surface area (Å²) in [5.41, 5.74) is 3.11. The molecule has 1 aliphatic carbocycles. The van der Waals surface area contributed by atoms with E-state index in [0.717, 1.165) is 56.4 Å². The van der Waals surface area contributed by atoms with Gasteiger partial charge < -0.3 is 14.8 Å². The number of aromatic nitrogens is 2. The van der Waals surface area contributed by atoms with Crippen LogP contribution in [0.5, 0.6) is 5.75 Å². The Balaban J connectivity index is 1.50. The number of anilines is 1. The zero-order valence-electron chi connectivity index (χ0n) is 14.5. The van der Waals surface area contributed by atoms with E-state index < -0.39 is 0 Å². The first-order valence-electron chi connectivity index (χ1n) is 9.12. The topological polar surface area (TPSA) is 76.2 Å². The minimum Gasteiger partial charge on any atom is -0.489 e. The van der Waals surface area contributed by atoms with Crippen molar-refractivity contribution in [3.05, 3.63) is 40.2 Å². The summed E-state index contributed by atoms with van der Waals surface area (Å²) < 4.78 is 11.5. The van der Waals surface area contributed by atoms with Crippen LogP contribution in [0.1, 0.15) is 47.4 Å². The Kier molecular flexibility index (Phi) is 5.13. The summed E-state index contributed by atoms with van der Waals surface area (Å²) in [7, 11) is 0. The normalized spacial score (nSPS) is 19.2. The number of ether oxygens (including phenoxy) is 2. The quantitative estimate of drug-likeness (QED) is 0.834. The molecule has 1 unspecified atom stereocenters. The number of carbonyl (C=O) groups excluding carboxylic acids is 1. The van der Waals surface area contributed by atoms with Crippen molar-refractivity contribution in [3.63, 3.8) is 0 Å². The average Bonchev–Trinajstić information content (AvgIpc) is 3.30. The van der Waals surface area contributed by atoms with Crippen molar-refractivity contribution in [2.45, 2.75) is 44.6 Å². The van der Waals surface area contributed by atoms with Gasteiger partial charge in [0.1, 0.15) is 12.4 Å². The molecule has 0 saturated carbocycles. The van der Waals surface area contributed by atoms with Crippen LogP contribution < -0.4 is 10.1 Å². The summed E-state index contributed by atoms with van der Waals surface area (Å²) in [6.45, 7) is 1.24. The highest BCUT2D eigenvalue weighted by Crippen LogP contribution is 2.30. The van der Waals surface area contributed by atoms with Gasteiger partial charge in [-0.15, -0.1) is 0 Å². The number of hydrogen-bond acceptors (Lipinski definition) is 4. The lowest BCUT2D eigenvalue weighted by atomic mass is 9.96. The van der Waals surface area contributed by atoms with Crippen LogP contribution in [-0.4, -0.2) is 35.4 Å². The van der Waals surface area contributed by atoms with E-state index in [2.05, 4.69) is 15.5 Å². The Morgan fingerprint density at radius 1 is 1.35 bits per heavy atom. The first-order chi connectivity index (χ1) is 12.7. The molecule has 0 radical (unpaired) electrons. The molecule has 1 atom stereocenters. The predicted octanol–water partition coefficient (Wildman–Crippen LogP) is 3.75. The Bertz CT molecular complexity index is 799. The van der Waals surface area contributed by atoms with Gasteiger partial charge in [-0.2, -0.15) is 5.10 Å². The third-order valence-corrected chi connectivity index (χ3v) is 5.15. The first-order valence-corrected chi connectivity index (χ1v) is 9.50. The summed E-state index contributed by atoms with van der Waals surface area (Å²) in [5.74, 6) is 0.344. The Hall–Kier alpha value is -2.05. The van der Waals surface area contributed by atoms with Crippen molar-refractivity contribution in [2.75, 3.05) is 18.5 Å². The molecular formula is C19H22ClN3O3. The number of carbonyl (C=O) groups is 1. The van der Waals surface area contributed by atoms with E-state index in [1.165, 1.54) is 0 Å². The van der Waals surface area contributed by atoms with Gasteiger partial charge in [0.05, 0.1) is 11.8 Å². The molecule has 2 heterocycles. The second-order valence-electron chi connectivity index (χ2n) is 6.78.